The van der Waals surface area contributed by atoms with E-state index in [1.54, 1.807) is 0 Å². The third-order valence-corrected chi connectivity index (χ3v) is 5.12. The zero-order valence-corrected chi connectivity index (χ0v) is 20.8. The SMILES string of the molecule is CCCCc1nc(C)c(N)n1Cc1ccc(-c2ccccc2-c2nnn[n-]2)cc1.[K+]. The van der Waals surface area contributed by atoms with Crippen molar-refractivity contribution < 1.29 is 51.4 Å². The number of hydrogen-bond donors (Lipinski definition) is 1. The van der Waals surface area contributed by atoms with Crippen LogP contribution in [-0.4, -0.2) is 25.1 Å². The Kier molecular flexibility index (Phi) is 7.96. The molecule has 0 amide bonds. The second-order valence-corrected chi connectivity index (χ2v) is 7.13. The Morgan fingerprint density at radius 3 is 2.43 bits per heavy atom. The maximum absolute atomic E-state index is 6.29. The van der Waals surface area contributed by atoms with E-state index >= 15 is 0 Å². The van der Waals surface area contributed by atoms with Crippen molar-refractivity contribution in [2.75, 3.05) is 5.73 Å². The van der Waals surface area contributed by atoms with Crippen LogP contribution in [0.3, 0.4) is 0 Å². The molecular weight excluding hydrogens is 401 g/mol. The molecule has 0 bridgehead atoms. The molecule has 0 saturated carbocycles. The minimum absolute atomic E-state index is 0. The first kappa shape index (κ1) is 22.8. The summed E-state index contributed by atoms with van der Waals surface area (Å²) in [5, 5.41) is 15.2. The Hall–Kier alpha value is -1.84. The van der Waals surface area contributed by atoms with Crippen molar-refractivity contribution in [3.63, 3.8) is 0 Å². The van der Waals surface area contributed by atoms with Crippen LogP contribution < -0.4 is 62.2 Å². The van der Waals surface area contributed by atoms with Crippen LogP contribution in [0.1, 0.15) is 36.8 Å². The van der Waals surface area contributed by atoms with Gasteiger partial charge in [0.15, 0.2) is 0 Å². The standard InChI is InChI=1S/C22H24N7.K/c1-3-4-9-20-24-15(2)21(23)29(20)14-16-10-12-17(13-11-16)18-7-5-6-8-19(18)22-25-27-28-26-22;/h5-8,10-13H,3-4,9,14,23H2,1-2H3;/q-1;+1. The van der Waals surface area contributed by atoms with Gasteiger partial charge in [-0.05, 0) is 35.6 Å². The molecule has 4 aromatic rings. The number of anilines is 1. The van der Waals surface area contributed by atoms with Crippen molar-refractivity contribution in [3.8, 4) is 22.5 Å². The molecule has 0 fully saturated rings. The first-order valence-electron chi connectivity index (χ1n) is 9.86. The van der Waals surface area contributed by atoms with Gasteiger partial charge in [-0.1, -0.05) is 61.9 Å². The largest absolute Gasteiger partial charge is 1.00 e. The molecule has 0 radical (unpaired) electrons. The average Bonchev–Trinajstić information content (AvgIpc) is 3.37. The van der Waals surface area contributed by atoms with Crippen LogP contribution in [0.4, 0.5) is 5.82 Å². The number of unbranched alkanes of at least 4 members (excludes halogenated alkanes) is 1. The molecule has 0 aliphatic heterocycles. The second kappa shape index (κ2) is 10.5. The molecule has 7 nitrogen and oxygen atoms in total. The van der Waals surface area contributed by atoms with Crippen LogP contribution in [0.15, 0.2) is 48.5 Å². The molecule has 0 atom stereocenters. The van der Waals surface area contributed by atoms with Gasteiger partial charge >= 0.3 is 51.4 Å². The fourth-order valence-electron chi connectivity index (χ4n) is 3.50. The quantitative estimate of drug-likeness (QED) is 0.437. The smallest absolute Gasteiger partial charge is 0.384 e. The van der Waals surface area contributed by atoms with Crippen molar-refractivity contribution in [1.82, 2.24) is 30.2 Å². The summed E-state index contributed by atoms with van der Waals surface area (Å²) in [6.07, 6.45) is 3.19. The minimum Gasteiger partial charge on any atom is -0.384 e. The number of benzene rings is 2. The molecule has 0 unspecified atom stereocenters. The number of imidazole rings is 1. The molecule has 4 rings (SSSR count). The molecule has 2 N–H and O–H groups in total. The third-order valence-electron chi connectivity index (χ3n) is 5.12. The van der Waals surface area contributed by atoms with Crippen molar-refractivity contribution in [2.24, 2.45) is 0 Å². The Morgan fingerprint density at radius 1 is 1.03 bits per heavy atom. The predicted octanol–water partition coefficient (Wildman–Crippen LogP) is 0.645. The molecule has 2 heterocycles. The Balaban J connectivity index is 0.00000256. The zero-order valence-electron chi connectivity index (χ0n) is 17.7. The van der Waals surface area contributed by atoms with Crippen LogP contribution >= 0.6 is 0 Å². The summed E-state index contributed by atoms with van der Waals surface area (Å²) in [5.41, 5.74) is 11.4. The van der Waals surface area contributed by atoms with Gasteiger partial charge < -0.3 is 15.4 Å². The topological polar surface area (TPSA) is 96.6 Å². The van der Waals surface area contributed by atoms with E-state index in [1.165, 1.54) is 5.56 Å². The van der Waals surface area contributed by atoms with Crippen molar-refractivity contribution in [3.05, 3.63) is 65.6 Å². The number of tetrazole rings is 1. The van der Waals surface area contributed by atoms with E-state index in [9.17, 15) is 0 Å². The number of aryl methyl sites for hydroxylation is 2. The number of nitrogens with zero attached hydrogens (tertiary/aromatic N) is 6. The molecule has 8 heteroatoms. The van der Waals surface area contributed by atoms with Gasteiger partial charge in [0.05, 0.1) is 12.2 Å². The van der Waals surface area contributed by atoms with Crippen molar-refractivity contribution in [2.45, 2.75) is 39.7 Å². The van der Waals surface area contributed by atoms with Crippen LogP contribution in [-0.2, 0) is 13.0 Å². The molecule has 2 aromatic carbocycles. The molecular formula is C22H24KN7. The van der Waals surface area contributed by atoms with Gasteiger partial charge in [-0.2, -0.15) is 5.21 Å². The molecule has 0 aliphatic rings. The van der Waals surface area contributed by atoms with Gasteiger partial charge in [0.1, 0.15) is 11.6 Å². The van der Waals surface area contributed by atoms with Crippen LogP contribution in [0.2, 0.25) is 0 Å². The normalized spacial score (nSPS) is 10.7. The Labute approximate surface area is 218 Å². The van der Waals surface area contributed by atoms with Gasteiger partial charge in [-0.15, -0.1) is 0 Å². The Bertz CT molecular complexity index is 1090. The molecule has 0 spiro atoms. The van der Waals surface area contributed by atoms with E-state index in [0.717, 1.165) is 53.3 Å². The van der Waals surface area contributed by atoms with E-state index in [4.69, 9.17) is 5.73 Å². The summed E-state index contributed by atoms with van der Waals surface area (Å²) in [6, 6.07) is 16.5. The van der Waals surface area contributed by atoms with E-state index in [1.807, 2.05) is 25.1 Å². The summed E-state index contributed by atoms with van der Waals surface area (Å²) in [5.74, 6) is 2.34. The van der Waals surface area contributed by atoms with E-state index in [-0.39, 0.29) is 51.4 Å². The molecule has 30 heavy (non-hydrogen) atoms. The molecule has 0 aliphatic carbocycles. The number of hydrogen-bond acceptors (Lipinski definition) is 5. The third kappa shape index (κ3) is 4.89. The first-order chi connectivity index (χ1) is 14.2. The fraction of sp³-hybridized carbons (Fsp3) is 0.273. The van der Waals surface area contributed by atoms with Gasteiger partial charge in [-0.3, -0.25) is 10.3 Å². The van der Waals surface area contributed by atoms with Crippen molar-refractivity contribution in [1.29, 1.82) is 0 Å². The van der Waals surface area contributed by atoms with Crippen LogP contribution in [0, 0.1) is 6.92 Å². The predicted molar refractivity (Wildman–Crippen MR) is 113 cm³/mol. The number of rotatable bonds is 7. The summed E-state index contributed by atoms with van der Waals surface area (Å²) < 4.78 is 2.13. The monoisotopic (exact) mass is 425 g/mol. The van der Waals surface area contributed by atoms with E-state index < -0.39 is 0 Å². The molecule has 0 saturated heterocycles. The average molecular weight is 426 g/mol. The molecule has 2 aromatic heterocycles. The van der Waals surface area contributed by atoms with Crippen molar-refractivity contribution >= 4 is 5.82 Å². The van der Waals surface area contributed by atoms with Gasteiger partial charge in [0.2, 0.25) is 0 Å². The van der Waals surface area contributed by atoms with Gasteiger partial charge in [0, 0.05) is 12.2 Å². The minimum atomic E-state index is 0. The van der Waals surface area contributed by atoms with E-state index in [2.05, 4.69) is 67.4 Å². The van der Waals surface area contributed by atoms with E-state index in [0.29, 0.717) is 12.4 Å². The van der Waals surface area contributed by atoms with Gasteiger partial charge in [0.25, 0.3) is 0 Å². The first-order valence-corrected chi connectivity index (χ1v) is 9.86. The second-order valence-electron chi connectivity index (χ2n) is 7.13. The summed E-state index contributed by atoms with van der Waals surface area (Å²) in [7, 11) is 0. The van der Waals surface area contributed by atoms with Crippen LogP contribution in [0.5, 0.6) is 0 Å². The number of nitrogen functional groups attached to an aromatic ring is 1. The number of nitrogens with two attached hydrogens (primary N) is 1. The summed E-state index contributed by atoms with van der Waals surface area (Å²) in [6.45, 7) is 4.87. The Morgan fingerprint density at radius 2 is 1.77 bits per heavy atom. The van der Waals surface area contributed by atoms with Crippen LogP contribution in [0.25, 0.3) is 22.5 Å². The fourth-order valence-corrected chi connectivity index (χ4v) is 3.50. The molecule has 148 valence electrons. The zero-order chi connectivity index (χ0) is 20.2. The number of aromatic nitrogens is 6. The van der Waals surface area contributed by atoms with Gasteiger partial charge in [-0.25, -0.2) is 4.98 Å². The summed E-state index contributed by atoms with van der Waals surface area (Å²) in [4.78, 5) is 4.66. The summed E-state index contributed by atoms with van der Waals surface area (Å²) >= 11 is 0. The maximum Gasteiger partial charge on any atom is 1.00 e. The maximum atomic E-state index is 6.29.